The number of cyclic esters (lactones) is 1. The van der Waals surface area contributed by atoms with E-state index in [9.17, 15) is 24.3 Å². The molecule has 3 aliphatic rings. The fourth-order valence-corrected chi connectivity index (χ4v) is 6.75. The van der Waals surface area contributed by atoms with Crippen LogP contribution < -0.4 is 15.6 Å². The minimum absolute atomic E-state index is 0. The summed E-state index contributed by atoms with van der Waals surface area (Å²) >= 11 is 0. The van der Waals surface area contributed by atoms with Crippen LogP contribution in [-0.2, 0) is 39.5 Å². The van der Waals surface area contributed by atoms with Gasteiger partial charge in [-0.2, -0.15) is 0 Å². The van der Waals surface area contributed by atoms with Crippen LogP contribution >= 0.6 is 12.4 Å². The molecular formula is C33H39ClN4O8. The number of benzene rings is 1. The molecule has 1 fully saturated rings. The lowest BCUT2D eigenvalue weighted by Gasteiger charge is -2.31. The molecule has 6 rings (SSSR count). The number of halogens is 1. The second kappa shape index (κ2) is 13.4. The Morgan fingerprint density at radius 1 is 1.13 bits per heavy atom. The van der Waals surface area contributed by atoms with Crippen molar-refractivity contribution in [3.63, 3.8) is 0 Å². The number of aromatic nitrogens is 2. The molecule has 0 saturated carbocycles. The van der Waals surface area contributed by atoms with E-state index in [1.54, 1.807) is 34.6 Å². The van der Waals surface area contributed by atoms with Crippen molar-refractivity contribution in [1.82, 2.24) is 19.8 Å². The van der Waals surface area contributed by atoms with Gasteiger partial charge in [0.25, 0.3) is 5.56 Å². The molecule has 3 aromatic rings. The normalized spacial score (nSPS) is 18.8. The van der Waals surface area contributed by atoms with Crippen LogP contribution in [0.3, 0.4) is 0 Å². The third-order valence-corrected chi connectivity index (χ3v) is 9.34. The monoisotopic (exact) mass is 654 g/mol. The number of carbonyl (C=O) groups excluding carboxylic acids is 2. The SMILES string of the molecule is CCc1c2c(nc3ccc(OC(=O)N4CCC(NCCCCC(=O)O)CC4)cc13)-c1cc3c(c(=O)n1C2)COC(=O)C3(O)CC.Cl. The maximum absolute atomic E-state index is 13.6. The quantitative estimate of drug-likeness (QED) is 0.179. The number of hydrogen-bond donors (Lipinski definition) is 3. The Hall–Kier alpha value is -4.00. The van der Waals surface area contributed by atoms with E-state index >= 15 is 0 Å². The highest BCUT2D eigenvalue weighted by Crippen LogP contribution is 2.40. The smallest absolute Gasteiger partial charge is 0.415 e. The lowest BCUT2D eigenvalue weighted by Crippen LogP contribution is -2.46. The van der Waals surface area contributed by atoms with Crippen LogP contribution in [0, 0.1) is 0 Å². The predicted molar refractivity (Wildman–Crippen MR) is 171 cm³/mol. The number of nitrogens with one attached hydrogen (secondary N) is 1. The highest BCUT2D eigenvalue weighted by Gasteiger charge is 2.45. The van der Waals surface area contributed by atoms with Crippen molar-refractivity contribution in [2.75, 3.05) is 19.6 Å². The predicted octanol–water partition coefficient (Wildman–Crippen LogP) is 3.87. The Bertz CT molecular complexity index is 1750. The highest BCUT2D eigenvalue weighted by molar-refractivity contribution is 5.90. The number of likely N-dealkylation sites (tertiary alicyclic amines) is 1. The summed E-state index contributed by atoms with van der Waals surface area (Å²) in [5, 5.41) is 24.2. The van der Waals surface area contributed by atoms with Gasteiger partial charge in [-0.1, -0.05) is 13.8 Å². The fourth-order valence-electron chi connectivity index (χ4n) is 6.75. The number of rotatable bonds is 9. The first-order valence-corrected chi connectivity index (χ1v) is 15.7. The number of pyridine rings is 2. The Kier molecular flexibility index (Phi) is 9.71. The Balaban J connectivity index is 0.00000417. The largest absolute Gasteiger partial charge is 0.481 e. The Labute approximate surface area is 272 Å². The van der Waals surface area contributed by atoms with Gasteiger partial charge in [0.05, 0.1) is 29.0 Å². The molecule has 2 aromatic heterocycles. The number of aryl methyl sites for hydroxylation is 1. The molecule has 0 aliphatic carbocycles. The molecule has 5 heterocycles. The van der Waals surface area contributed by atoms with Gasteiger partial charge in [-0.25, -0.2) is 14.6 Å². The van der Waals surface area contributed by atoms with Crippen molar-refractivity contribution in [1.29, 1.82) is 0 Å². The summed E-state index contributed by atoms with van der Waals surface area (Å²) in [6.07, 6.45) is 3.53. The van der Waals surface area contributed by atoms with Crippen molar-refractivity contribution < 1.29 is 34.1 Å². The average molecular weight is 655 g/mol. The van der Waals surface area contributed by atoms with Crippen LogP contribution in [0.5, 0.6) is 5.75 Å². The van der Waals surface area contributed by atoms with Crippen LogP contribution in [0.1, 0.15) is 74.6 Å². The first kappa shape index (κ1) is 33.4. The van der Waals surface area contributed by atoms with E-state index in [1.807, 2.05) is 13.0 Å². The molecule has 246 valence electrons. The number of aliphatic carboxylic acids is 1. The first-order valence-electron chi connectivity index (χ1n) is 15.7. The second-order valence-corrected chi connectivity index (χ2v) is 12.0. The molecule has 13 heteroatoms. The standard InChI is InChI=1S/C33H38N4O8.ClH/c1-3-21-22-15-20(45-32(42)36-13-10-19(11-14-36)34-12-6-5-7-28(38)39)8-9-26(22)35-29-23(21)17-37-27(29)16-25-24(30(37)40)18-44-31(41)33(25,43)4-2;/h8-9,15-16,19,34,43H,3-7,10-14,17-18H2,1-2H3,(H,38,39);1H. The lowest BCUT2D eigenvalue weighted by molar-refractivity contribution is -0.172. The zero-order valence-electron chi connectivity index (χ0n) is 26.0. The first-order chi connectivity index (χ1) is 21.6. The van der Waals surface area contributed by atoms with Gasteiger partial charge in [-0.05, 0) is 74.9 Å². The molecule has 3 aliphatic heterocycles. The number of carbonyl (C=O) groups is 3. The minimum atomic E-state index is -1.89. The van der Waals surface area contributed by atoms with Gasteiger partial charge >= 0.3 is 18.0 Å². The van der Waals surface area contributed by atoms with Crippen LogP contribution in [0.15, 0.2) is 29.1 Å². The molecule has 1 aromatic carbocycles. The Morgan fingerprint density at radius 2 is 1.89 bits per heavy atom. The van der Waals surface area contributed by atoms with Gasteiger partial charge in [0.15, 0.2) is 5.60 Å². The van der Waals surface area contributed by atoms with Crippen LogP contribution in [-0.4, -0.2) is 68.4 Å². The van der Waals surface area contributed by atoms with E-state index in [0.29, 0.717) is 55.1 Å². The number of carboxylic acid groups (broad SMARTS) is 1. The molecule has 0 radical (unpaired) electrons. The summed E-state index contributed by atoms with van der Waals surface area (Å²) in [7, 11) is 0. The summed E-state index contributed by atoms with van der Waals surface area (Å²) in [5.74, 6) is -1.12. The third-order valence-electron chi connectivity index (χ3n) is 9.34. The molecule has 1 amide bonds. The summed E-state index contributed by atoms with van der Waals surface area (Å²) < 4.78 is 12.6. The number of amides is 1. The van der Waals surface area contributed by atoms with E-state index in [2.05, 4.69) is 5.32 Å². The van der Waals surface area contributed by atoms with Crippen molar-refractivity contribution in [2.24, 2.45) is 0 Å². The lowest BCUT2D eigenvalue weighted by atomic mass is 9.86. The summed E-state index contributed by atoms with van der Waals surface area (Å²) in [5.41, 5.74) is 2.12. The van der Waals surface area contributed by atoms with Gasteiger partial charge < -0.3 is 34.5 Å². The topological polar surface area (TPSA) is 160 Å². The van der Waals surface area contributed by atoms with Gasteiger partial charge in [0, 0.05) is 42.1 Å². The molecule has 3 N–H and O–H groups in total. The summed E-state index contributed by atoms with van der Waals surface area (Å²) in [6.45, 7) is 5.71. The molecule has 12 nitrogen and oxygen atoms in total. The van der Waals surface area contributed by atoms with Crippen LogP contribution in [0.4, 0.5) is 4.79 Å². The molecule has 1 saturated heterocycles. The number of unbranched alkanes of at least 4 members (excludes halogenated alkanes) is 1. The van der Waals surface area contributed by atoms with E-state index < -0.39 is 23.6 Å². The van der Waals surface area contributed by atoms with Crippen LogP contribution in [0.2, 0.25) is 0 Å². The number of ether oxygens (including phenoxy) is 2. The van der Waals surface area contributed by atoms with Gasteiger partial charge in [-0.15, -0.1) is 12.4 Å². The molecular weight excluding hydrogens is 616 g/mol. The summed E-state index contributed by atoms with van der Waals surface area (Å²) in [6, 6.07) is 7.33. The zero-order valence-corrected chi connectivity index (χ0v) is 26.8. The Morgan fingerprint density at radius 3 is 2.59 bits per heavy atom. The zero-order chi connectivity index (χ0) is 31.9. The van der Waals surface area contributed by atoms with Gasteiger partial charge in [0.2, 0.25) is 0 Å². The number of piperidine rings is 1. The minimum Gasteiger partial charge on any atom is -0.481 e. The fraction of sp³-hybridized carbons (Fsp3) is 0.485. The van der Waals surface area contributed by atoms with E-state index in [0.717, 1.165) is 42.3 Å². The number of fused-ring (bicyclic) bond motifs is 5. The number of nitrogens with zero attached hydrogens (tertiary/aromatic N) is 3. The summed E-state index contributed by atoms with van der Waals surface area (Å²) in [4.78, 5) is 56.4. The van der Waals surface area contributed by atoms with E-state index in [-0.39, 0.29) is 54.6 Å². The van der Waals surface area contributed by atoms with Crippen molar-refractivity contribution in [2.45, 2.75) is 83.6 Å². The van der Waals surface area contributed by atoms with E-state index in [4.69, 9.17) is 19.6 Å². The molecule has 1 unspecified atom stereocenters. The maximum Gasteiger partial charge on any atom is 0.415 e. The molecule has 46 heavy (non-hydrogen) atoms. The number of carboxylic acids is 1. The third kappa shape index (κ3) is 5.96. The van der Waals surface area contributed by atoms with Crippen molar-refractivity contribution in [3.8, 4) is 17.1 Å². The highest BCUT2D eigenvalue weighted by atomic mass is 35.5. The number of aliphatic hydroxyl groups is 1. The van der Waals surface area contributed by atoms with Crippen molar-refractivity contribution in [3.05, 3.63) is 56.9 Å². The number of hydrogen-bond acceptors (Lipinski definition) is 9. The number of esters is 1. The van der Waals surface area contributed by atoms with Gasteiger partial charge in [-0.3, -0.25) is 9.59 Å². The molecule has 0 spiro atoms. The van der Waals surface area contributed by atoms with Crippen molar-refractivity contribution >= 4 is 41.3 Å². The van der Waals surface area contributed by atoms with Crippen LogP contribution in [0.25, 0.3) is 22.3 Å². The molecule has 1 atom stereocenters. The second-order valence-electron chi connectivity index (χ2n) is 12.0. The molecule has 0 bridgehead atoms. The average Bonchev–Trinajstić information content (AvgIpc) is 3.40. The van der Waals surface area contributed by atoms with Gasteiger partial charge in [0.1, 0.15) is 12.4 Å². The maximum atomic E-state index is 13.6. The van der Waals surface area contributed by atoms with E-state index in [1.165, 1.54) is 0 Å².